The van der Waals surface area contributed by atoms with Gasteiger partial charge in [0.1, 0.15) is 13.2 Å². The first-order valence-electron chi connectivity index (χ1n) is 9.30. The highest BCUT2D eigenvalue weighted by atomic mass is 32.2. The number of carboxylic acids is 1. The van der Waals surface area contributed by atoms with E-state index in [0.717, 1.165) is 12.8 Å². The minimum absolute atomic E-state index is 0.0130. The van der Waals surface area contributed by atoms with Gasteiger partial charge in [-0.15, -0.1) is 0 Å². The molecule has 0 aliphatic carbocycles. The summed E-state index contributed by atoms with van der Waals surface area (Å²) < 4.78 is 23.5. The summed E-state index contributed by atoms with van der Waals surface area (Å²) in [5.41, 5.74) is 0. The Morgan fingerprint density at radius 3 is 2.74 bits per heavy atom. The molecule has 2 unspecified atom stereocenters. The van der Waals surface area contributed by atoms with Gasteiger partial charge in [-0.25, -0.2) is 0 Å². The lowest BCUT2D eigenvalue weighted by molar-refractivity contribution is -0.137. The second kappa shape index (κ2) is 9.21. The van der Waals surface area contributed by atoms with E-state index in [1.807, 2.05) is 0 Å². The first-order valence-corrected chi connectivity index (χ1v) is 10.6. The van der Waals surface area contributed by atoms with E-state index in [9.17, 15) is 13.8 Å². The van der Waals surface area contributed by atoms with Crippen molar-refractivity contribution in [2.45, 2.75) is 37.0 Å². The predicted molar refractivity (Wildman–Crippen MR) is 99.5 cm³/mol. The van der Waals surface area contributed by atoms with Crippen LogP contribution in [-0.4, -0.2) is 58.1 Å². The number of carboxylic acid groups (broad SMARTS) is 1. The predicted octanol–water partition coefficient (Wildman–Crippen LogP) is 2.06. The zero-order chi connectivity index (χ0) is 19.2. The Labute approximate surface area is 161 Å². The first kappa shape index (κ1) is 19.7. The lowest BCUT2D eigenvalue weighted by Crippen LogP contribution is -2.40. The molecule has 8 heteroatoms. The summed E-state index contributed by atoms with van der Waals surface area (Å²) >= 11 is 0. The Morgan fingerprint density at radius 1 is 1.19 bits per heavy atom. The number of carbonyl (C=O) groups excluding carboxylic acids is 1. The number of rotatable bonds is 7. The standard InChI is InChI=1S/C19H25NO6S/c21-18(20-8-1-2-14(13-20)3-6-19(22)23)7-11-27(24)15-4-5-16-17(12-15)26-10-9-25-16/h4-5,12,14H,1-3,6-11,13H2,(H,22,23). The molecule has 2 heterocycles. The molecule has 1 fully saturated rings. The molecular weight excluding hydrogens is 370 g/mol. The van der Waals surface area contributed by atoms with Gasteiger partial charge in [-0.3, -0.25) is 13.8 Å². The van der Waals surface area contributed by atoms with Crippen LogP contribution in [-0.2, 0) is 20.4 Å². The Hall–Kier alpha value is -2.09. The molecule has 0 radical (unpaired) electrons. The van der Waals surface area contributed by atoms with E-state index in [2.05, 4.69) is 0 Å². The van der Waals surface area contributed by atoms with E-state index in [1.165, 1.54) is 0 Å². The number of hydrogen-bond acceptors (Lipinski definition) is 5. The van der Waals surface area contributed by atoms with Gasteiger partial charge in [-0.05, 0) is 37.3 Å². The SMILES string of the molecule is O=C(O)CCC1CCCN(C(=O)CCS(=O)c2ccc3c(c2)OCCO3)C1. The number of ether oxygens (including phenoxy) is 2. The molecular formula is C19H25NO6S. The third-order valence-electron chi connectivity index (χ3n) is 4.92. The molecule has 1 saturated heterocycles. The lowest BCUT2D eigenvalue weighted by atomic mass is 9.93. The molecule has 2 atom stereocenters. The van der Waals surface area contributed by atoms with Crippen LogP contribution < -0.4 is 9.47 Å². The molecule has 1 aromatic carbocycles. The number of fused-ring (bicyclic) bond motifs is 1. The average molecular weight is 395 g/mol. The number of aliphatic carboxylic acids is 1. The largest absolute Gasteiger partial charge is 0.486 e. The topological polar surface area (TPSA) is 93.1 Å². The molecule has 3 rings (SSSR count). The molecule has 148 valence electrons. The summed E-state index contributed by atoms with van der Waals surface area (Å²) in [5.74, 6) is 0.931. The van der Waals surface area contributed by atoms with Gasteiger partial charge >= 0.3 is 5.97 Å². The maximum absolute atomic E-state index is 12.5. The van der Waals surface area contributed by atoms with Crippen molar-refractivity contribution in [3.05, 3.63) is 18.2 Å². The average Bonchev–Trinajstić information content (AvgIpc) is 2.70. The normalized spacial score (nSPS) is 20.1. The number of piperidine rings is 1. The lowest BCUT2D eigenvalue weighted by Gasteiger charge is -2.32. The fourth-order valence-electron chi connectivity index (χ4n) is 3.48. The molecule has 7 nitrogen and oxygen atoms in total. The molecule has 1 aromatic rings. The fraction of sp³-hybridized carbons (Fsp3) is 0.579. The molecule has 0 saturated carbocycles. The Bertz CT molecular complexity index is 722. The second-order valence-electron chi connectivity index (χ2n) is 6.89. The number of benzene rings is 1. The molecule has 2 aliphatic heterocycles. The van der Waals surface area contributed by atoms with E-state index in [-0.39, 0.29) is 30.4 Å². The highest BCUT2D eigenvalue weighted by Crippen LogP contribution is 2.32. The van der Waals surface area contributed by atoms with Crippen molar-refractivity contribution in [2.24, 2.45) is 5.92 Å². The molecule has 27 heavy (non-hydrogen) atoms. The summed E-state index contributed by atoms with van der Waals surface area (Å²) in [6.45, 7) is 2.27. The van der Waals surface area contributed by atoms with Gasteiger partial charge in [0.25, 0.3) is 0 Å². The van der Waals surface area contributed by atoms with Crippen LogP contribution in [0.4, 0.5) is 0 Å². The molecule has 0 spiro atoms. The fourth-order valence-corrected chi connectivity index (χ4v) is 4.53. The van der Waals surface area contributed by atoms with Crippen molar-refractivity contribution in [2.75, 3.05) is 32.1 Å². The Morgan fingerprint density at radius 2 is 1.96 bits per heavy atom. The minimum atomic E-state index is -1.29. The number of amides is 1. The minimum Gasteiger partial charge on any atom is -0.486 e. The van der Waals surface area contributed by atoms with Gasteiger partial charge in [0.2, 0.25) is 5.91 Å². The van der Waals surface area contributed by atoms with E-state index >= 15 is 0 Å². The van der Waals surface area contributed by atoms with Crippen LogP contribution >= 0.6 is 0 Å². The Balaban J connectivity index is 1.49. The van der Waals surface area contributed by atoms with Gasteiger partial charge in [-0.2, -0.15) is 0 Å². The quantitative estimate of drug-likeness (QED) is 0.760. The van der Waals surface area contributed by atoms with Gasteiger partial charge in [0, 0.05) is 42.6 Å². The van der Waals surface area contributed by atoms with Crippen LogP contribution in [0.3, 0.4) is 0 Å². The number of carbonyl (C=O) groups is 2. The van der Waals surface area contributed by atoms with E-state index < -0.39 is 16.8 Å². The van der Waals surface area contributed by atoms with Gasteiger partial charge in [0.15, 0.2) is 11.5 Å². The number of likely N-dealkylation sites (tertiary alicyclic amines) is 1. The van der Waals surface area contributed by atoms with Gasteiger partial charge in [0.05, 0.1) is 10.8 Å². The van der Waals surface area contributed by atoms with E-state index in [4.69, 9.17) is 14.6 Å². The summed E-state index contributed by atoms with van der Waals surface area (Å²) in [4.78, 5) is 25.6. The Kier molecular flexibility index (Phi) is 6.71. The zero-order valence-corrected chi connectivity index (χ0v) is 16.0. The van der Waals surface area contributed by atoms with E-state index in [0.29, 0.717) is 49.1 Å². The maximum atomic E-state index is 12.5. The van der Waals surface area contributed by atoms with Crippen molar-refractivity contribution >= 4 is 22.7 Å². The highest BCUT2D eigenvalue weighted by Gasteiger charge is 2.24. The van der Waals surface area contributed by atoms with Gasteiger partial charge in [-0.1, -0.05) is 0 Å². The van der Waals surface area contributed by atoms with Crippen molar-refractivity contribution in [3.8, 4) is 11.5 Å². The van der Waals surface area contributed by atoms with Crippen LogP contribution in [0.1, 0.15) is 32.1 Å². The van der Waals surface area contributed by atoms with Crippen LogP contribution in [0, 0.1) is 5.92 Å². The molecule has 0 aromatic heterocycles. The summed E-state index contributed by atoms with van der Waals surface area (Å²) in [7, 11) is -1.29. The first-order chi connectivity index (χ1) is 13.0. The third kappa shape index (κ3) is 5.45. The molecule has 1 amide bonds. The zero-order valence-electron chi connectivity index (χ0n) is 15.2. The summed E-state index contributed by atoms with van der Waals surface area (Å²) in [6, 6.07) is 5.22. The van der Waals surface area contributed by atoms with Crippen molar-refractivity contribution in [1.82, 2.24) is 4.90 Å². The second-order valence-corrected chi connectivity index (χ2v) is 8.46. The smallest absolute Gasteiger partial charge is 0.303 e. The molecule has 2 aliphatic rings. The maximum Gasteiger partial charge on any atom is 0.303 e. The van der Waals surface area contributed by atoms with Gasteiger partial charge < -0.3 is 19.5 Å². The third-order valence-corrected chi connectivity index (χ3v) is 6.27. The van der Waals surface area contributed by atoms with Crippen LogP contribution in [0.2, 0.25) is 0 Å². The summed E-state index contributed by atoms with van der Waals surface area (Å²) in [5, 5.41) is 8.82. The van der Waals surface area contributed by atoms with Crippen molar-refractivity contribution < 1.29 is 28.4 Å². The molecule has 1 N–H and O–H groups in total. The van der Waals surface area contributed by atoms with Crippen LogP contribution in [0.5, 0.6) is 11.5 Å². The van der Waals surface area contributed by atoms with E-state index in [1.54, 1.807) is 23.1 Å². The monoisotopic (exact) mass is 395 g/mol. The highest BCUT2D eigenvalue weighted by molar-refractivity contribution is 7.85. The number of nitrogens with zero attached hydrogens (tertiary/aromatic N) is 1. The van der Waals surface area contributed by atoms with Crippen molar-refractivity contribution in [1.29, 1.82) is 0 Å². The van der Waals surface area contributed by atoms with Crippen molar-refractivity contribution in [3.63, 3.8) is 0 Å². The van der Waals surface area contributed by atoms with Crippen LogP contribution in [0.25, 0.3) is 0 Å². The number of hydrogen-bond donors (Lipinski definition) is 1. The van der Waals surface area contributed by atoms with Crippen LogP contribution in [0.15, 0.2) is 23.1 Å². The summed E-state index contributed by atoms with van der Waals surface area (Å²) in [6.07, 6.45) is 2.80. The molecule has 0 bridgehead atoms.